The Morgan fingerprint density at radius 3 is 2.62 bits per heavy atom. The number of pyridine rings is 1. The summed E-state index contributed by atoms with van der Waals surface area (Å²) >= 11 is 0. The third-order valence-corrected chi connectivity index (χ3v) is 1.59. The molecule has 13 heavy (non-hydrogen) atoms. The summed E-state index contributed by atoms with van der Waals surface area (Å²) in [4.78, 5) is 4.09. The number of aromatic nitrogens is 1. The number of fused-ring (bicyclic) bond motifs is 1. The van der Waals surface area contributed by atoms with E-state index in [1.165, 1.54) is 0 Å². The molecule has 0 saturated carbocycles. The van der Waals surface area contributed by atoms with Gasteiger partial charge in [0.25, 0.3) is 0 Å². The molecular weight excluding hydrogens is 312 g/mol. The summed E-state index contributed by atoms with van der Waals surface area (Å²) in [6.07, 6.45) is 2.81. The molecule has 1 aromatic heterocycles. The first-order valence-corrected chi connectivity index (χ1v) is 3.46. The van der Waals surface area contributed by atoms with Crippen molar-refractivity contribution >= 4 is 10.9 Å². The van der Waals surface area contributed by atoms with Crippen molar-refractivity contribution in [3.8, 4) is 0 Å². The fourth-order valence-corrected chi connectivity index (χ4v) is 1.06. The van der Waals surface area contributed by atoms with E-state index in [2.05, 4.69) is 18.1 Å². The summed E-state index contributed by atoms with van der Waals surface area (Å²) in [6, 6.07) is 9.91. The molecule has 0 amide bonds. The monoisotopic (exact) mass is 319 g/mol. The smallest absolute Gasteiger partial charge is 0.0189 e. The summed E-state index contributed by atoms with van der Waals surface area (Å²) in [7, 11) is 0. The van der Waals surface area contributed by atoms with Gasteiger partial charge in [0.1, 0.15) is 0 Å². The van der Waals surface area contributed by atoms with Crippen molar-refractivity contribution < 1.29 is 65.4 Å². The molecule has 0 unspecified atom stereocenters. The van der Waals surface area contributed by atoms with Crippen molar-refractivity contribution in [1.29, 1.82) is 0 Å². The van der Waals surface area contributed by atoms with Gasteiger partial charge in [-0.05, 0) is 6.07 Å². The zero-order valence-electron chi connectivity index (χ0n) is 7.20. The summed E-state index contributed by atoms with van der Waals surface area (Å²) in [5.41, 5.74) is 1.81. The van der Waals surface area contributed by atoms with E-state index in [9.17, 15) is 0 Å². The Morgan fingerprint density at radius 1 is 1.15 bits per heavy atom. The van der Waals surface area contributed by atoms with E-state index in [4.69, 9.17) is 0 Å². The molecule has 1 heterocycles. The Morgan fingerprint density at radius 2 is 1.85 bits per heavy atom. The van der Waals surface area contributed by atoms with Crippen LogP contribution in [0.15, 0.2) is 30.3 Å². The standard InChI is InChI=1S/C10H7N.2Y/c1-8-6-9-4-2-3-5-10(9)11-7-8;;/h2-6H,1H2;;/q-2;;. The molecule has 1 aromatic carbocycles. The molecule has 0 bridgehead atoms. The fourth-order valence-electron chi connectivity index (χ4n) is 1.06. The number of para-hydroxylation sites is 1. The van der Waals surface area contributed by atoms with Crippen LogP contribution in [0.4, 0.5) is 0 Å². The Hall–Kier alpha value is 0.708. The maximum atomic E-state index is 4.09. The second-order valence-corrected chi connectivity index (χ2v) is 2.45. The van der Waals surface area contributed by atoms with E-state index >= 15 is 0 Å². The zero-order valence-corrected chi connectivity index (χ0v) is 12.9. The van der Waals surface area contributed by atoms with Crippen LogP contribution in [0.5, 0.6) is 0 Å². The van der Waals surface area contributed by atoms with Crippen molar-refractivity contribution in [2.45, 2.75) is 0 Å². The molecule has 0 saturated heterocycles. The van der Waals surface area contributed by atoms with E-state index < -0.39 is 0 Å². The maximum Gasteiger partial charge on any atom is 0.0189 e. The third-order valence-electron chi connectivity index (χ3n) is 1.59. The average Bonchev–Trinajstić information content (AvgIpc) is 2.04. The van der Waals surface area contributed by atoms with Crippen molar-refractivity contribution in [3.63, 3.8) is 0 Å². The van der Waals surface area contributed by atoms with Crippen LogP contribution in [-0.4, -0.2) is 4.98 Å². The van der Waals surface area contributed by atoms with Gasteiger partial charge in [-0.25, -0.2) is 6.20 Å². The number of rotatable bonds is 0. The molecule has 0 aliphatic rings. The van der Waals surface area contributed by atoms with Crippen molar-refractivity contribution in [2.75, 3.05) is 0 Å². The van der Waals surface area contributed by atoms with Gasteiger partial charge in [-0.15, -0.1) is 5.39 Å². The molecule has 2 radical (unpaired) electrons. The Balaban J connectivity index is 0.000000720. The van der Waals surface area contributed by atoms with Gasteiger partial charge in [-0.1, -0.05) is 18.2 Å². The fraction of sp³-hybridized carbons (Fsp3) is 0. The van der Waals surface area contributed by atoms with Gasteiger partial charge in [-0.2, -0.15) is 0 Å². The molecule has 1 nitrogen and oxygen atoms in total. The molecular formula is C10H7NY2-2. The van der Waals surface area contributed by atoms with Crippen LogP contribution >= 0.6 is 0 Å². The molecule has 3 heteroatoms. The summed E-state index contributed by atoms with van der Waals surface area (Å²) < 4.78 is 0. The quantitative estimate of drug-likeness (QED) is 0.679. The second kappa shape index (κ2) is 6.24. The van der Waals surface area contributed by atoms with Gasteiger partial charge in [0.05, 0.1) is 0 Å². The molecule has 0 spiro atoms. The number of benzene rings is 1. The van der Waals surface area contributed by atoms with Crippen molar-refractivity contribution in [3.05, 3.63) is 49.0 Å². The minimum Gasteiger partial charge on any atom is -0.401 e. The van der Waals surface area contributed by atoms with Gasteiger partial charge in [0.2, 0.25) is 0 Å². The first-order valence-electron chi connectivity index (χ1n) is 3.46. The van der Waals surface area contributed by atoms with Crippen LogP contribution in [0.1, 0.15) is 5.56 Å². The van der Waals surface area contributed by atoms with Crippen LogP contribution in [-0.2, 0) is 65.4 Å². The van der Waals surface area contributed by atoms with Gasteiger partial charge in [0.15, 0.2) is 0 Å². The van der Waals surface area contributed by atoms with E-state index in [0.29, 0.717) is 0 Å². The minimum absolute atomic E-state index is 0. The minimum atomic E-state index is 0. The van der Waals surface area contributed by atoms with Crippen LogP contribution in [0.2, 0.25) is 0 Å². The molecule has 0 fully saturated rings. The van der Waals surface area contributed by atoms with Crippen LogP contribution < -0.4 is 0 Å². The summed E-state index contributed by atoms with van der Waals surface area (Å²) in [5.74, 6) is 0. The Labute approximate surface area is 128 Å². The Kier molecular flexibility index (Phi) is 6.58. The predicted octanol–water partition coefficient (Wildman–Crippen LogP) is 2.21. The van der Waals surface area contributed by atoms with Gasteiger partial charge >= 0.3 is 0 Å². The van der Waals surface area contributed by atoms with Crippen molar-refractivity contribution in [2.24, 2.45) is 0 Å². The first kappa shape index (κ1) is 13.7. The maximum absolute atomic E-state index is 4.09. The molecule has 0 atom stereocenters. The van der Waals surface area contributed by atoms with Crippen molar-refractivity contribution in [1.82, 2.24) is 4.98 Å². The summed E-state index contributed by atoms with van der Waals surface area (Å²) in [6.45, 7) is 3.75. The summed E-state index contributed by atoms with van der Waals surface area (Å²) in [5, 5.41) is 1.12. The van der Waals surface area contributed by atoms with E-state index in [1.54, 1.807) is 0 Å². The number of nitrogens with zero attached hydrogens (tertiary/aromatic N) is 1. The molecule has 0 aliphatic heterocycles. The topological polar surface area (TPSA) is 12.9 Å². The average molecular weight is 319 g/mol. The van der Waals surface area contributed by atoms with E-state index in [0.717, 1.165) is 16.5 Å². The number of hydrogen-bond acceptors (Lipinski definition) is 1. The SMILES string of the molecule is [CH2-]c1[c-]nc2ccccc2c1.[Y].[Y]. The molecule has 0 N–H and O–H groups in total. The first-order chi connectivity index (χ1) is 5.36. The van der Waals surface area contributed by atoms with Crippen LogP contribution in [0, 0.1) is 13.1 Å². The van der Waals surface area contributed by atoms with E-state index in [-0.39, 0.29) is 65.4 Å². The second-order valence-electron chi connectivity index (χ2n) is 2.45. The Bertz CT molecular complexity index is 387. The predicted molar refractivity (Wildman–Crippen MR) is 45.0 cm³/mol. The van der Waals surface area contributed by atoms with Gasteiger partial charge in [-0.3, -0.25) is 6.07 Å². The third kappa shape index (κ3) is 3.40. The van der Waals surface area contributed by atoms with Crippen LogP contribution in [0.3, 0.4) is 0 Å². The zero-order chi connectivity index (χ0) is 7.68. The van der Waals surface area contributed by atoms with Gasteiger partial charge in [0, 0.05) is 70.9 Å². The van der Waals surface area contributed by atoms with E-state index in [1.807, 2.05) is 30.3 Å². The van der Waals surface area contributed by atoms with Crippen LogP contribution in [0.25, 0.3) is 10.9 Å². The normalized spacial score (nSPS) is 8.62. The largest absolute Gasteiger partial charge is 0.401 e. The van der Waals surface area contributed by atoms with Gasteiger partial charge < -0.3 is 17.5 Å². The molecule has 2 rings (SSSR count). The molecule has 0 aliphatic carbocycles. The number of hydrogen-bond donors (Lipinski definition) is 0. The molecule has 2 aromatic rings. The molecule has 60 valence electrons.